The van der Waals surface area contributed by atoms with Crippen molar-refractivity contribution >= 4 is 22.6 Å². The molecule has 0 radical (unpaired) electrons. The van der Waals surface area contributed by atoms with Gasteiger partial charge in [-0.25, -0.2) is 9.97 Å². The zero-order valence-electron chi connectivity index (χ0n) is 18.4. The van der Waals surface area contributed by atoms with Gasteiger partial charge in [-0.1, -0.05) is 12.1 Å². The van der Waals surface area contributed by atoms with E-state index < -0.39 is 11.5 Å². The predicted octanol–water partition coefficient (Wildman–Crippen LogP) is 2.96. The zero-order valence-corrected chi connectivity index (χ0v) is 18.4. The second kappa shape index (κ2) is 8.45. The molecule has 10 heteroatoms. The van der Waals surface area contributed by atoms with Crippen LogP contribution in [0.5, 0.6) is 5.75 Å². The van der Waals surface area contributed by atoms with Gasteiger partial charge in [0, 0.05) is 13.1 Å². The molecule has 1 fully saturated rings. The fraction of sp³-hybridized carbons (Fsp3) is 0.304. The minimum atomic E-state index is -0.572. The number of carbonyl (C=O) groups is 1. The number of carbonyl (C=O) groups excluding carboxylic acids is 1. The van der Waals surface area contributed by atoms with Gasteiger partial charge in [0.1, 0.15) is 0 Å². The van der Waals surface area contributed by atoms with Gasteiger partial charge >= 0.3 is 0 Å². The van der Waals surface area contributed by atoms with Crippen LogP contribution >= 0.6 is 0 Å². The first-order chi connectivity index (χ1) is 16.1. The van der Waals surface area contributed by atoms with E-state index in [0.29, 0.717) is 17.3 Å². The summed E-state index contributed by atoms with van der Waals surface area (Å²) in [6.07, 6.45) is 6.07. The van der Waals surface area contributed by atoms with Gasteiger partial charge in [0.15, 0.2) is 17.3 Å². The van der Waals surface area contributed by atoms with Crippen LogP contribution in [0, 0.1) is 0 Å². The van der Waals surface area contributed by atoms with Crippen LogP contribution < -0.4 is 15.6 Å². The molecule has 10 nitrogen and oxygen atoms in total. The molecule has 1 amide bonds. The lowest BCUT2D eigenvalue weighted by molar-refractivity contribution is 0.101. The van der Waals surface area contributed by atoms with Crippen LogP contribution in [0.1, 0.15) is 42.7 Å². The van der Waals surface area contributed by atoms with Crippen LogP contribution in [-0.2, 0) is 7.05 Å². The minimum absolute atomic E-state index is 0.0982. The Morgan fingerprint density at radius 1 is 1.15 bits per heavy atom. The second-order valence-corrected chi connectivity index (χ2v) is 7.87. The van der Waals surface area contributed by atoms with Crippen LogP contribution in [0.15, 0.2) is 47.5 Å². The number of amides is 1. The van der Waals surface area contributed by atoms with Gasteiger partial charge in [-0.15, -0.1) is 0 Å². The number of benzene rings is 1. The van der Waals surface area contributed by atoms with Crippen LogP contribution in [0.2, 0.25) is 0 Å². The number of aromatic nitrogens is 6. The number of hydrogen-bond acceptors (Lipinski definition) is 7. The standard InChI is InChI=1S/C23H23N7O3/c1-3-33-19-18(22(31)26-14-11-12-24-25-13-14)28-20(29(2)23(19)32)21-27-16-9-4-5-10-17(16)30(21)15-7-6-8-15/h4-5,9-13,15H,3,6-8H2,1-2H3,(H,24,26,31). The molecule has 33 heavy (non-hydrogen) atoms. The van der Waals surface area contributed by atoms with E-state index in [9.17, 15) is 9.59 Å². The molecule has 0 unspecified atom stereocenters. The SMILES string of the molecule is CCOc1c(C(=O)Nc2ccnnc2)nc(-c2nc3ccccc3n2C2CCC2)n(C)c1=O. The number of hydrogen-bond donors (Lipinski definition) is 1. The highest BCUT2D eigenvalue weighted by atomic mass is 16.5. The smallest absolute Gasteiger partial charge is 0.296 e. The Hall–Kier alpha value is -4.08. The monoisotopic (exact) mass is 445 g/mol. The average molecular weight is 445 g/mol. The molecule has 1 saturated carbocycles. The first-order valence-electron chi connectivity index (χ1n) is 10.9. The van der Waals surface area contributed by atoms with Crippen molar-refractivity contribution in [1.82, 2.24) is 29.3 Å². The van der Waals surface area contributed by atoms with Crippen molar-refractivity contribution in [3.05, 3.63) is 58.8 Å². The predicted molar refractivity (Wildman–Crippen MR) is 122 cm³/mol. The maximum Gasteiger partial charge on any atom is 0.296 e. The summed E-state index contributed by atoms with van der Waals surface area (Å²) in [5, 5.41) is 10.2. The Labute approximate surface area is 189 Å². The lowest BCUT2D eigenvalue weighted by atomic mass is 9.92. The van der Waals surface area contributed by atoms with E-state index in [1.54, 1.807) is 20.0 Å². The third-order valence-corrected chi connectivity index (χ3v) is 5.83. The third-order valence-electron chi connectivity index (χ3n) is 5.83. The molecule has 0 saturated heterocycles. The molecule has 3 aromatic heterocycles. The number of fused-ring (bicyclic) bond motifs is 1. The molecule has 3 heterocycles. The van der Waals surface area contributed by atoms with Crippen LogP contribution in [0.3, 0.4) is 0 Å². The van der Waals surface area contributed by atoms with Gasteiger partial charge in [0.25, 0.3) is 11.5 Å². The molecular weight excluding hydrogens is 422 g/mol. The molecule has 1 aliphatic carbocycles. The minimum Gasteiger partial charge on any atom is -0.486 e. The molecule has 0 spiro atoms. The summed E-state index contributed by atoms with van der Waals surface area (Å²) in [5.74, 6) is 0.194. The Balaban J connectivity index is 1.69. The molecule has 5 rings (SSSR count). The molecule has 4 aromatic rings. The number of ether oxygens (including phenoxy) is 1. The van der Waals surface area contributed by atoms with Gasteiger partial charge in [0.2, 0.25) is 5.75 Å². The molecular formula is C23H23N7O3. The van der Waals surface area contributed by atoms with Crippen molar-refractivity contribution in [3.63, 3.8) is 0 Å². The van der Waals surface area contributed by atoms with Crippen LogP contribution in [-0.4, -0.2) is 41.8 Å². The number of imidazole rings is 1. The highest BCUT2D eigenvalue weighted by molar-refractivity contribution is 6.04. The fourth-order valence-electron chi connectivity index (χ4n) is 3.98. The quantitative estimate of drug-likeness (QED) is 0.485. The van der Waals surface area contributed by atoms with Crippen LogP contribution in [0.25, 0.3) is 22.7 Å². The van der Waals surface area contributed by atoms with Crippen molar-refractivity contribution in [2.45, 2.75) is 32.2 Å². The van der Waals surface area contributed by atoms with Gasteiger partial charge in [-0.3, -0.25) is 14.2 Å². The topological polar surface area (TPSA) is 117 Å². The Kier molecular flexibility index (Phi) is 5.33. The first kappa shape index (κ1) is 20.8. The average Bonchev–Trinajstić information content (AvgIpc) is 3.15. The Bertz CT molecular complexity index is 1390. The normalized spacial score (nSPS) is 13.6. The van der Waals surface area contributed by atoms with Gasteiger partial charge in [-0.05, 0) is 44.4 Å². The van der Waals surface area contributed by atoms with Crippen molar-refractivity contribution in [2.24, 2.45) is 7.05 Å². The van der Waals surface area contributed by atoms with E-state index in [2.05, 4.69) is 25.1 Å². The Morgan fingerprint density at radius 3 is 2.67 bits per heavy atom. The lowest BCUT2D eigenvalue weighted by Gasteiger charge is -2.29. The van der Waals surface area contributed by atoms with E-state index in [1.165, 1.54) is 17.0 Å². The van der Waals surface area contributed by atoms with Crippen molar-refractivity contribution in [2.75, 3.05) is 11.9 Å². The number of nitrogens with zero attached hydrogens (tertiary/aromatic N) is 6. The Morgan fingerprint density at radius 2 is 1.97 bits per heavy atom. The molecule has 168 valence electrons. The van der Waals surface area contributed by atoms with Gasteiger partial charge in [-0.2, -0.15) is 10.2 Å². The number of nitrogens with one attached hydrogen (secondary N) is 1. The summed E-state index contributed by atoms with van der Waals surface area (Å²) in [6, 6.07) is 9.72. The maximum atomic E-state index is 13.3. The van der Waals surface area contributed by atoms with Crippen molar-refractivity contribution in [1.29, 1.82) is 0 Å². The van der Waals surface area contributed by atoms with Gasteiger partial charge in [0.05, 0.1) is 35.7 Å². The lowest BCUT2D eigenvalue weighted by Crippen LogP contribution is -2.29. The first-order valence-corrected chi connectivity index (χ1v) is 10.9. The third kappa shape index (κ3) is 3.63. The molecule has 1 aliphatic rings. The van der Waals surface area contributed by atoms with Crippen molar-refractivity contribution < 1.29 is 9.53 Å². The number of rotatable bonds is 6. The van der Waals surface area contributed by atoms with Crippen molar-refractivity contribution in [3.8, 4) is 17.4 Å². The highest BCUT2D eigenvalue weighted by Gasteiger charge is 2.29. The maximum absolute atomic E-state index is 13.3. The van der Waals surface area contributed by atoms with E-state index in [4.69, 9.17) is 9.72 Å². The fourth-order valence-corrected chi connectivity index (χ4v) is 3.98. The largest absolute Gasteiger partial charge is 0.486 e. The summed E-state index contributed by atoms with van der Waals surface area (Å²) >= 11 is 0. The molecule has 1 aromatic carbocycles. The zero-order chi connectivity index (χ0) is 22.9. The van der Waals surface area contributed by atoms with E-state index in [1.807, 2.05) is 24.3 Å². The number of para-hydroxylation sites is 2. The summed E-state index contributed by atoms with van der Waals surface area (Å²) in [4.78, 5) is 35.8. The summed E-state index contributed by atoms with van der Waals surface area (Å²) < 4.78 is 9.08. The molecule has 0 bridgehead atoms. The molecule has 0 atom stereocenters. The summed E-state index contributed by atoms with van der Waals surface area (Å²) in [6.45, 7) is 1.96. The van der Waals surface area contributed by atoms with E-state index in [-0.39, 0.29) is 24.1 Å². The summed E-state index contributed by atoms with van der Waals surface area (Å²) in [5.41, 5.74) is 1.68. The van der Waals surface area contributed by atoms with Crippen LogP contribution in [0.4, 0.5) is 5.69 Å². The van der Waals surface area contributed by atoms with Gasteiger partial charge < -0.3 is 14.6 Å². The summed E-state index contributed by atoms with van der Waals surface area (Å²) in [7, 11) is 1.62. The highest BCUT2D eigenvalue weighted by Crippen LogP contribution is 2.38. The van der Waals surface area contributed by atoms with E-state index >= 15 is 0 Å². The molecule has 0 aliphatic heterocycles. The molecule has 1 N–H and O–H groups in total. The van der Waals surface area contributed by atoms with E-state index in [0.717, 1.165) is 30.3 Å². The number of anilines is 1. The second-order valence-electron chi connectivity index (χ2n) is 7.87.